The number of hydrogen-bond donors (Lipinski definition) is 1. The van der Waals surface area contributed by atoms with E-state index >= 15 is 0 Å². The number of nitrogens with zero attached hydrogens (tertiary/aromatic N) is 3. The summed E-state index contributed by atoms with van der Waals surface area (Å²) >= 11 is 1.40. The molecule has 0 bridgehead atoms. The van der Waals surface area contributed by atoms with Crippen LogP contribution in [0.4, 0.5) is 5.69 Å². The van der Waals surface area contributed by atoms with Gasteiger partial charge in [0.1, 0.15) is 0 Å². The molecule has 0 aliphatic heterocycles. The molecule has 1 amide bonds. The summed E-state index contributed by atoms with van der Waals surface area (Å²) in [6, 6.07) is 18.9. The van der Waals surface area contributed by atoms with Gasteiger partial charge in [0.05, 0.1) is 10.8 Å². The van der Waals surface area contributed by atoms with E-state index in [4.69, 9.17) is 0 Å². The van der Waals surface area contributed by atoms with Gasteiger partial charge in [-0.05, 0) is 61.2 Å². The first-order valence-electron chi connectivity index (χ1n) is 9.38. The van der Waals surface area contributed by atoms with Crippen molar-refractivity contribution in [2.24, 2.45) is 0 Å². The van der Waals surface area contributed by atoms with E-state index in [9.17, 15) is 9.59 Å². The normalized spacial score (nSPS) is 12.2. The quantitative estimate of drug-likeness (QED) is 0.376. The van der Waals surface area contributed by atoms with Crippen molar-refractivity contribution < 1.29 is 9.59 Å². The van der Waals surface area contributed by atoms with Gasteiger partial charge >= 0.3 is 0 Å². The summed E-state index contributed by atoms with van der Waals surface area (Å²) in [5.41, 5.74) is 3.04. The molecule has 0 radical (unpaired) electrons. The summed E-state index contributed by atoms with van der Waals surface area (Å²) in [6.07, 6.45) is 0.641. The average molecular weight is 404 g/mol. The smallest absolute Gasteiger partial charge is 0.237 e. The Labute approximate surface area is 172 Å². The fourth-order valence-electron chi connectivity index (χ4n) is 3.15. The fraction of sp³-hybridized carbons (Fsp3) is 0.182. The number of benzene rings is 2. The van der Waals surface area contributed by atoms with Crippen LogP contribution in [0, 0.1) is 0 Å². The van der Waals surface area contributed by atoms with Crippen molar-refractivity contribution in [3.8, 4) is 0 Å². The molecular weight excluding hydrogens is 384 g/mol. The lowest BCUT2D eigenvalue weighted by Gasteiger charge is -2.14. The minimum absolute atomic E-state index is 0.00391. The minimum atomic E-state index is -0.325. The zero-order valence-corrected chi connectivity index (χ0v) is 16.9. The van der Waals surface area contributed by atoms with Crippen molar-refractivity contribution in [1.29, 1.82) is 0 Å². The van der Waals surface area contributed by atoms with Gasteiger partial charge in [0.2, 0.25) is 5.91 Å². The number of ketones is 1. The lowest BCUT2D eigenvalue weighted by atomic mass is 10.1. The predicted molar refractivity (Wildman–Crippen MR) is 116 cm³/mol. The molecule has 146 valence electrons. The van der Waals surface area contributed by atoms with Gasteiger partial charge in [0.15, 0.2) is 16.6 Å². The van der Waals surface area contributed by atoms with Crippen LogP contribution in [-0.4, -0.2) is 31.5 Å². The highest BCUT2D eigenvalue weighted by Crippen LogP contribution is 2.28. The lowest BCUT2D eigenvalue weighted by Crippen LogP contribution is -2.24. The van der Waals surface area contributed by atoms with E-state index in [0.29, 0.717) is 22.8 Å². The number of amides is 1. The van der Waals surface area contributed by atoms with Gasteiger partial charge in [-0.1, -0.05) is 36.9 Å². The van der Waals surface area contributed by atoms with Gasteiger partial charge < -0.3 is 5.32 Å². The maximum atomic E-state index is 12.8. The summed E-state index contributed by atoms with van der Waals surface area (Å²) < 4.78 is 1.98. The SMILES string of the molecule is CCC(Sc1nnc2ccc3ccccc3n12)C(=O)Nc1ccc(C(C)=O)cc1. The van der Waals surface area contributed by atoms with E-state index < -0.39 is 0 Å². The second kappa shape index (κ2) is 8.05. The molecule has 29 heavy (non-hydrogen) atoms. The van der Waals surface area contributed by atoms with Gasteiger partial charge in [0, 0.05) is 11.3 Å². The fourth-order valence-corrected chi connectivity index (χ4v) is 4.12. The van der Waals surface area contributed by atoms with Crippen molar-refractivity contribution in [1.82, 2.24) is 14.6 Å². The molecule has 2 aromatic heterocycles. The van der Waals surface area contributed by atoms with E-state index in [0.717, 1.165) is 16.6 Å². The first kappa shape index (κ1) is 19.1. The summed E-state index contributed by atoms with van der Waals surface area (Å²) in [5.74, 6) is -0.110. The molecule has 7 heteroatoms. The molecule has 0 aliphatic rings. The van der Waals surface area contributed by atoms with E-state index in [1.165, 1.54) is 18.7 Å². The zero-order valence-electron chi connectivity index (χ0n) is 16.1. The number of fused-ring (bicyclic) bond motifs is 3. The van der Waals surface area contributed by atoms with E-state index in [1.54, 1.807) is 24.3 Å². The highest BCUT2D eigenvalue weighted by atomic mass is 32.2. The average Bonchev–Trinajstić information content (AvgIpc) is 3.15. The van der Waals surface area contributed by atoms with E-state index in [2.05, 4.69) is 15.5 Å². The zero-order chi connectivity index (χ0) is 20.4. The summed E-state index contributed by atoms with van der Waals surface area (Å²) in [6.45, 7) is 3.49. The first-order chi connectivity index (χ1) is 14.1. The molecule has 0 spiro atoms. The minimum Gasteiger partial charge on any atom is -0.325 e. The molecule has 6 nitrogen and oxygen atoms in total. The molecule has 2 aromatic carbocycles. The third-order valence-electron chi connectivity index (χ3n) is 4.72. The number of anilines is 1. The molecule has 0 saturated carbocycles. The van der Waals surface area contributed by atoms with Crippen molar-refractivity contribution in [2.45, 2.75) is 30.7 Å². The second-order valence-electron chi connectivity index (χ2n) is 6.71. The Morgan fingerprint density at radius 2 is 1.79 bits per heavy atom. The van der Waals surface area contributed by atoms with Crippen LogP contribution in [-0.2, 0) is 4.79 Å². The number of nitrogens with one attached hydrogen (secondary N) is 1. The number of aromatic nitrogens is 3. The first-order valence-corrected chi connectivity index (χ1v) is 10.3. The monoisotopic (exact) mass is 404 g/mol. The van der Waals surface area contributed by atoms with Crippen molar-refractivity contribution in [2.75, 3.05) is 5.32 Å². The van der Waals surface area contributed by atoms with Gasteiger partial charge in [-0.25, -0.2) is 0 Å². The van der Waals surface area contributed by atoms with Crippen LogP contribution in [0.15, 0.2) is 65.8 Å². The van der Waals surface area contributed by atoms with Gasteiger partial charge in [-0.2, -0.15) is 0 Å². The molecule has 4 aromatic rings. The Morgan fingerprint density at radius 3 is 2.52 bits per heavy atom. The summed E-state index contributed by atoms with van der Waals surface area (Å²) in [7, 11) is 0. The second-order valence-corrected chi connectivity index (χ2v) is 7.88. The van der Waals surface area contributed by atoms with Crippen LogP contribution in [0.2, 0.25) is 0 Å². The van der Waals surface area contributed by atoms with E-state index in [1.807, 2.05) is 47.7 Å². The Hall–Kier alpha value is -3.19. The van der Waals surface area contributed by atoms with Gasteiger partial charge in [0.25, 0.3) is 0 Å². The molecular formula is C22H20N4O2S. The third-order valence-corrected chi connectivity index (χ3v) is 6.02. The highest BCUT2D eigenvalue weighted by Gasteiger charge is 2.22. The number of thioether (sulfide) groups is 1. The van der Waals surface area contributed by atoms with Gasteiger partial charge in [-0.3, -0.25) is 14.0 Å². The van der Waals surface area contributed by atoms with Crippen molar-refractivity contribution in [3.05, 3.63) is 66.2 Å². The van der Waals surface area contributed by atoms with Crippen LogP contribution < -0.4 is 5.32 Å². The number of hydrogen-bond acceptors (Lipinski definition) is 5. The maximum Gasteiger partial charge on any atom is 0.237 e. The standard InChI is InChI=1S/C22H20N4O2S/c1-3-19(21(28)23-17-11-8-15(9-12-17)14(2)27)29-22-25-24-20-13-10-16-6-4-5-7-18(16)26(20)22/h4-13,19H,3H2,1-2H3,(H,23,28). The third kappa shape index (κ3) is 3.86. The molecule has 2 heterocycles. The Morgan fingerprint density at radius 1 is 1.03 bits per heavy atom. The molecule has 0 aliphatic carbocycles. The Balaban J connectivity index is 1.58. The van der Waals surface area contributed by atoms with Crippen molar-refractivity contribution in [3.63, 3.8) is 0 Å². The number of rotatable bonds is 6. The molecule has 1 N–H and O–H groups in total. The largest absolute Gasteiger partial charge is 0.325 e. The topological polar surface area (TPSA) is 76.4 Å². The van der Waals surface area contributed by atoms with Crippen LogP contribution in [0.3, 0.4) is 0 Å². The maximum absolute atomic E-state index is 12.8. The Bertz CT molecular complexity index is 1200. The lowest BCUT2D eigenvalue weighted by molar-refractivity contribution is -0.115. The van der Waals surface area contributed by atoms with E-state index in [-0.39, 0.29) is 16.9 Å². The van der Waals surface area contributed by atoms with Crippen molar-refractivity contribution >= 4 is 45.7 Å². The number of pyridine rings is 1. The predicted octanol–water partition coefficient (Wildman–Crippen LogP) is 4.59. The molecule has 0 saturated heterocycles. The number of Topliss-reactive ketones (excluding diaryl/α,β-unsaturated/α-hetero) is 1. The highest BCUT2D eigenvalue weighted by molar-refractivity contribution is 8.00. The van der Waals surface area contributed by atoms with Gasteiger partial charge in [-0.15, -0.1) is 10.2 Å². The van der Waals surface area contributed by atoms with Crippen LogP contribution in [0.25, 0.3) is 16.6 Å². The van der Waals surface area contributed by atoms with Crippen LogP contribution in [0.1, 0.15) is 30.6 Å². The number of para-hydroxylation sites is 1. The molecule has 1 unspecified atom stereocenters. The molecule has 0 fully saturated rings. The number of carbonyl (C=O) groups excluding carboxylic acids is 2. The summed E-state index contributed by atoms with van der Waals surface area (Å²) in [5, 5.41) is 12.9. The molecule has 4 rings (SSSR count). The number of carbonyl (C=O) groups is 2. The summed E-state index contributed by atoms with van der Waals surface area (Å²) in [4.78, 5) is 24.2. The van der Waals surface area contributed by atoms with Crippen LogP contribution in [0.5, 0.6) is 0 Å². The van der Waals surface area contributed by atoms with Crippen LogP contribution >= 0.6 is 11.8 Å². The Kier molecular flexibility index (Phi) is 5.31. The molecule has 1 atom stereocenters.